The normalized spacial score (nSPS) is 34.2. The number of ketones is 2. The first-order valence-electron chi connectivity index (χ1n) is 5.03. The number of rotatable bonds is 2. The monoisotopic (exact) mass is 182 g/mol. The zero-order valence-electron chi connectivity index (χ0n) is 8.67. The van der Waals surface area contributed by atoms with Gasteiger partial charge in [-0.25, -0.2) is 0 Å². The molecule has 0 aliphatic heterocycles. The minimum atomic E-state index is 0.00116. The number of carbonyl (C=O) groups excluding carboxylic acids is 2. The molecule has 0 bridgehead atoms. The average molecular weight is 182 g/mol. The molecule has 1 aliphatic rings. The summed E-state index contributed by atoms with van der Waals surface area (Å²) in [6.45, 7) is 5.38. The van der Waals surface area contributed by atoms with E-state index in [1.165, 1.54) is 0 Å². The maximum atomic E-state index is 11.3. The van der Waals surface area contributed by atoms with Crippen molar-refractivity contribution in [3.8, 4) is 0 Å². The Morgan fingerprint density at radius 3 is 2.00 bits per heavy atom. The number of hydrogen-bond acceptors (Lipinski definition) is 2. The molecule has 0 aromatic carbocycles. The van der Waals surface area contributed by atoms with Crippen molar-refractivity contribution in [2.75, 3.05) is 0 Å². The summed E-state index contributed by atoms with van der Waals surface area (Å²) in [7, 11) is 0. The lowest BCUT2D eigenvalue weighted by Gasteiger charge is -2.31. The van der Waals surface area contributed by atoms with Crippen molar-refractivity contribution in [2.45, 2.75) is 40.0 Å². The van der Waals surface area contributed by atoms with Crippen LogP contribution in [-0.2, 0) is 9.59 Å². The molecule has 0 aromatic rings. The van der Waals surface area contributed by atoms with Crippen LogP contribution in [0.5, 0.6) is 0 Å². The van der Waals surface area contributed by atoms with Gasteiger partial charge in [-0.05, 0) is 39.0 Å². The van der Waals surface area contributed by atoms with Crippen LogP contribution in [-0.4, -0.2) is 11.6 Å². The van der Waals surface area contributed by atoms with Crippen molar-refractivity contribution < 1.29 is 9.59 Å². The van der Waals surface area contributed by atoms with Crippen molar-refractivity contribution in [1.82, 2.24) is 0 Å². The molecule has 0 aromatic heterocycles. The van der Waals surface area contributed by atoms with E-state index in [0.29, 0.717) is 5.92 Å². The molecule has 1 aliphatic carbocycles. The Labute approximate surface area is 79.7 Å². The predicted octanol–water partition coefficient (Wildman–Crippen LogP) is 2.22. The van der Waals surface area contributed by atoms with E-state index in [4.69, 9.17) is 0 Å². The molecule has 74 valence electrons. The van der Waals surface area contributed by atoms with Gasteiger partial charge in [0.1, 0.15) is 11.6 Å². The molecule has 1 saturated carbocycles. The van der Waals surface area contributed by atoms with Crippen LogP contribution in [0, 0.1) is 17.8 Å². The number of carbonyl (C=O) groups is 2. The fourth-order valence-corrected chi connectivity index (χ4v) is 2.32. The van der Waals surface area contributed by atoms with Crippen LogP contribution in [0.25, 0.3) is 0 Å². The van der Waals surface area contributed by atoms with Crippen molar-refractivity contribution in [2.24, 2.45) is 17.8 Å². The van der Waals surface area contributed by atoms with Crippen molar-refractivity contribution in [1.29, 1.82) is 0 Å². The molecular weight excluding hydrogens is 164 g/mol. The smallest absolute Gasteiger partial charge is 0.133 e. The minimum absolute atomic E-state index is 0.00116. The molecule has 1 fully saturated rings. The molecule has 2 nitrogen and oxygen atoms in total. The Hall–Kier alpha value is -0.660. The minimum Gasteiger partial charge on any atom is -0.300 e. The van der Waals surface area contributed by atoms with Crippen LogP contribution in [0.4, 0.5) is 0 Å². The van der Waals surface area contributed by atoms with Gasteiger partial charge in [-0.3, -0.25) is 9.59 Å². The van der Waals surface area contributed by atoms with Crippen molar-refractivity contribution in [3.05, 3.63) is 0 Å². The largest absolute Gasteiger partial charge is 0.300 e. The molecule has 0 N–H and O–H groups in total. The van der Waals surface area contributed by atoms with E-state index in [1.54, 1.807) is 13.8 Å². The van der Waals surface area contributed by atoms with E-state index in [9.17, 15) is 9.59 Å². The van der Waals surface area contributed by atoms with Crippen LogP contribution in [0.15, 0.2) is 0 Å². The van der Waals surface area contributed by atoms with Gasteiger partial charge in [0.15, 0.2) is 0 Å². The van der Waals surface area contributed by atoms with Crippen molar-refractivity contribution >= 4 is 11.6 Å². The van der Waals surface area contributed by atoms with Gasteiger partial charge in [-0.2, -0.15) is 0 Å². The van der Waals surface area contributed by atoms with E-state index in [1.807, 2.05) is 0 Å². The highest BCUT2D eigenvalue weighted by atomic mass is 16.1. The molecule has 2 unspecified atom stereocenters. The summed E-state index contributed by atoms with van der Waals surface area (Å²) in [4.78, 5) is 22.6. The van der Waals surface area contributed by atoms with Gasteiger partial charge < -0.3 is 0 Å². The van der Waals surface area contributed by atoms with Crippen LogP contribution in [0.3, 0.4) is 0 Å². The van der Waals surface area contributed by atoms with Gasteiger partial charge in [0, 0.05) is 11.8 Å². The van der Waals surface area contributed by atoms with E-state index in [2.05, 4.69) is 6.92 Å². The summed E-state index contributed by atoms with van der Waals surface area (Å²) in [5, 5.41) is 0. The Balaban J connectivity index is 2.72. The summed E-state index contributed by atoms with van der Waals surface area (Å²) in [5.41, 5.74) is 0. The fraction of sp³-hybridized carbons (Fsp3) is 0.818. The van der Waals surface area contributed by atoms with E-state index in [-0.39, 0.29) is 23.4 Å². The first-order valence-corrected chi connectivity index (χ1v) is 5.03. The third-order valence-corrected chi connectivity index (χ3v) is 3.16. The second-order valence-corrected chi connectivity index (χ2v) is 4.35. The third-order valence-electron chi connectivity index (χ3n) is 3.16. The maximum Gasteiger partial charge on any atom is 0.133 e. The van der Waals surface area contributed by atoms with Crippen LogP contribution in [0.2, 0.25) is 0 Å². The Morgan fingerprint density at radius 2 is 1.54 bits per heavy atom. The quantitative estimate of drug-likeness (QED) is 0.656. The highest BCUT2D eigenvalue weighted by Crippen LogP contribution is 2.34. The first kappa shape index (κ1) is 10.4. The molecule has 0 heterocycles. The van der Waals surface area contributed by atoms with Gasteiger partial charge in [0.25, 0.3) is 0 Å². The standard InChI is InChI=1S/C11H18O2/c1-7-4-5-10(8(2)12)11(6-7)9(3)13/h7,10-11H,4-6H2,1-3H3/t7-,10?,11?/m1/s1. The highest BCUT2D eigenvalue weighted by molar-refractivity contribution is 5.87. The molecule has 0 saturated heterocycles. The Kier molecular flexibility index (Phi) is 3.23. The molecule has 3 atom stereocenters. The van der Waals surface area contributed by atoms with Crippen molar-refractivity contribution in [3.63, 3.8) is 0 Å². The fourth-order valence-electron chi connectivity index (χ4n) is 2.32. The van der Waals surface area contributed by atoms with Crippen LogP contribution < -0.4 is 0 Å². The molecule has 0 radical (unpaired) electrons. The average Bonchev–Trinajstić information content (AvgIpc) is 2.03. The Bertz CT molecular complexity index is 220. The lowest BCUT2D eigenvalue weighted by atomic mass is 9.71. The second kappa shape index (κ2) is 4.03. The van der Waals surface area contributed by atoms with Gasteiger partial charge >= 0.3 is 0 Å². The molecule has 0 amide bonds. The van der Waals surface area contributed by atoms with Crippen LogP contribution >= 0.6 is 0 Å². The van der Waals surface area contributed by atoms with Gasteiger partial charge in [0.05, 0.1) is 0 Å². The Morgan fingerprint density at radius 1 is 1.00 bits per heavy atom. The molecule has 1 rings (SSSR count). The lowest BCUT2D eigenvalue weighted by Crippen LogP contribution is -2.33. The summed E-state index contributed by atoms with van der Waals surface area (Å²) in [6, 6.07) is 0. The number of Topliss-reactive ketones (excluding diaryl/α,β-unsaturated/α-hetero) is 2. The maximum absolute atomic E-state index is 11.3. The topological polar surface area (TPSA) is 34.1 Å². The van der Waals surface area contributed by atoms with Gasteiger partial charge in [-0.1, -0.05) is 6.92 Å². The zero-order valence-corrected chi connectivity index (χ0v) is 8.67. The van der Waals surface area contributed by atoms with Gasteiger partial charge in [-0.15, -0.1) is 0 Å². The SMILES string of the molecule is CC(=O)C1CC[C@@H](C)CC1C(C)=O. The predicted molar refractivity (Wildman–Crippen MR) is 51.4 cm³/mol. The lowest BCUT2D eigenvalue weighted by molar-refractivity contribution is -0.132. The molecule has 2 heteroatoms. The van der Waals surface area contributed by atoms with Crippen LogP contribution in [0.1, 0.15) is 40.0 Å². The van der Waals surface area contributed by atoms with E-state index < -0.39 is 0 Å². The zero-order chi connectivity index (χ0) is 10.0. The van der Waals surface area contributed by atoms with Gasteiger partial charge in [0.2, 0.25) is 0 Å². The molecular formula is C11H18O2. The summed E-state index contributed by atoms with van der Waals surface area (Å²) >= 11 is 0. The summed E-state index contributed by atoms with van der Waals surface area (Å²) in [5.74, 6) is 0.985. The molecule has 0 spiro atoms. The summed E-state index contributed by atoms with van der Waals surface area (Å²) in [6.07, 6.45) is 2.90. The van der Waals surface area contributed by atoms with E-state index >= 15 is 0 Å². The summed E-state index contributed by atoms with van der Waals surface area (Å²) < 4.78 is 0. The second-order valence-electron chi connectivity index (χ2n) is 4.35. The number of hydrogen-bond donors (Lipinski definition) is 0. The van der Waals surface area contributed by atoms with E-state index in [0.717, 1.165) is 19.3 Å². The first-order chi connectivity index (χ1) is 6.02. The molecule has 13 heavy (non-hydrogen) atoms. The highest BCUT2D eigenvalue weighted by Gasteiger charge is 2.34. The third kappa shape index (κ3) is 2.39.